The van der Waals surface area contributed by atoms with Crippen molar-refractivity contribution in [2.75, 3.05) is 6.61 Å². The summed E-state index contributed by atoms with van der Waals surface area (Å²) in [6.45, 7) is 0.228. The molecule has 0 aromatic carbocycles. The van der Waals surface area contributed by atoms with Crippen LogP contribution in [0.15, 0.2) is 0 Å². The number of unbranched alkanes of at least 4 members (excludes halogenated alkanes) is 1. The molecule has 0 spiro atoms. The lowest BCUT2D eigenvalue weighted by molar-refractivity contribution is -0.757. The summed E-state index contributed by atoms with van der Waals surface area (Å²) >= 11 is 0. The van der Waals surface area contributed by atoms with Gasteiger partial charge in [0.05, 0.1) is 6.61 Å². The Kier molecular flexibility index (Phi) is 4.84. The first-order chi connectivity index (χ1) is 6.79. The van der Waals surface area contributed by atoms with Crippen LogP contribution in [0.1, 0.15) is 38.5 Å². The summed E-state index contributed by atoms with van der Waals surface area (Å²) in [5.41, 5.74) is 0. The third-order valence-electron chi connectivity index (χ3n) is 2.40. The van der Waals surface area contributed by atoms with Gasteiger partial charge in [-0.15, -0.1) is 22.0 Å². The van der Waals surface area contributed by atoms with Crippen molar-refractivity contribution < 1.29 is 9.92 Å². The molecule has 1 rings (SSSR count). The van der Waals surface area contributed by atoms with E-state index in [-0.39, 0.29) is 6.61 Å². The van der Waals surface area contributed by atoms with Crippen molar-refractivity contribution in [1.29, 1.82) is 0 Å². The van der Waals surface area contributed by atoms with Crippen LogP contribution in [0, 0.1) is 27.9 Å². The Morgan fingerprint density at radius 2 is 2.29 bits per heavy atom. The minimum atomic E-state index is -0.730. The molecule has 0 N–H and O–H groups in total. The first-order valence-electron chi connectivity index (χ1n) is 5.02. The van der Waals surface area contributed by atoms with Crippen molar-refractivity contribution >= 4 is 0 Å². The first kappa shape index (κ1) is 10.8. The van der Waals surface area contributed by atoms with Crippen molar-refractivity contribution in [2.24, 2.45) is 5.92 Å². The van der Waals surface area contributed by atoms with Gasteiger partial charge >= 0.3 is 0 Å². The highest BCUT2D eigenvalue weighted by molar-refractivity contribution is 5.04. The fraction of sp³-hybridized carbons (Fsp3) is 0.800. The topological polar surface area (TPSA) is 52.4 Å². The third kappa shape index (κ3) is 4.70. The molecule has 0 saturated heterocycles. The minimum Gasteiger partial charge on any atom is -0.314 e. The minimum absolute atomic E-state index is 0.228. The Morgan fingerprint density at radius 1 is 1.43 bits per heavy atom. The molecule has 14 heavy (non-hydrogen) atoms. The number of hydrogen-bond acceptors (Lipinski definition) is 3. The standard InChI is InChI=1S/C10H15NO3/c12-11(13)14-9-5-4-8-10-6-2-1-3-7-10/h10H,2,4-9H2. The molecule has 1 atom stereocenters. The molecule has 0 amide bonds. The van der Waals surface area contributed by atoms with Crippen molar-refractivity contribution in [1.82, 2.24) is 0 Å². The summed E-state index contributed by atoms with van der Waals surface area (Å²) in [6.07, 6.45) is 6.08. The first-order valence-corrected chi connectivity index (χ1v) is 5.02. The summed E-state index contributed by atoms with van der Waals surface area (Å²) in [7, 11) is 0. The maximum atomic E-state index is 9.83. The molecule has 4 heteroatoms. The largest absolute Gasteiger partial charge is 0.314 e. The van der Waals surface area contributed by atoms with Crippen molar-refractivity contribution in [3.63, 3.8) is 0 Å². The van der Waals surface area contributed by atoms with Gasteiger partial charge in [-0.3, -0.25) is 0 Å². The van der Waals surface area contributed by atoms with Gasteiger partial charge in [-0.25, -0.2) is 0 Å². The molecule has 0 heterocycles. The SMILES string of the molecule is O=[N+]([O-])OCCCCC1CC#CCC1. The van der Waals surface area contributed by atoms with Crippen LogP contribution in [-0.4, -0.2) is 11.7 Å². The van der Waals surface area contributed by atoms with Crippen LogP contribution in [0.2, 0.25) is 0 Å². The maximum absolute atomic E-state index is 9.83. The van der Waals surface area contributed by atoms with E-state index in [2.05, 4.69) is 16.7 Å². The number of rotatable bonds is 6. The van der Waals surface area contributed by atoms with Gasteiger partial charge in [-0.2, -0.15) is 0 Å². The highest BCUT2D eigenvalue weighted by Crippen LogP contribution is 2.20. The molecule has 0 aliphatic heterocycles. The lowest BCUT2D eigenvalue weighted by atomic mass is 9.91. The fourth-order valence-electron chi connectivity index (χ4n) is 1.60. The van der Waals surface area contributed by atoms with Gasteiger partial charge in [-0.05, 0) is 25.2 Å². The quantitative estimate of drug-likeness (QED) is 0.284. The predicted molar refractivity (Wildman–Crippen MR) is 51.9 cm³/mol. The van der Waals surface area contributed by atoms with E-state index in [1.165, 1.54) is 6.42 Å². The molecule has 1 aliphatic rings. The Morgan fingerprint density at radius 3 is 2.93 bits per heavy atom. The van der Waals surface area contributed by atoms with Crippen LogP contribution in [0.5, 0.6) is 0 Å². The Bertz CT molecular complexity index is 241. The maximum Gasteiger partial charge on any atom is 0.294 e. The summed E-state index contributed by atoms with van der Waals surface area (Å²) in [5.74, 6) is 6.87. The van der Waals surface area contributed by atoms with Crippen molar-refractivity contribution in [3.8, 4) is 11.8 Å². The number of hydrogen-bond donors (Lipinski definition) is 0. The average Bonchev–Trinajstić information content (AvgIpc) is 2.18. The molecular weight excluding hydrogens is 182 g/mol. The second-order valence-corrected chi connectivity index (χ2v) is 3.51. The average molecular weight is 197 g/mol. The second kappa shape index (κ2) is 6.25. The Balaban J connectivity index is 1.94. The van der Waals surface area contributed by atoms with Gasteiger partial charge in [0.1, 0.15) is 0 Å². The normalized spacial score (nSPS) is 19.6. The van der Waals surface area contributed by atoms with E-state index in [9.17, 15) is 10.1 Å². The lowest BCUT2D eigenvalue weighted by Crippen LogP contribution is -2.05. The second-order valence-electron chi connectivity index (χ2n) is 3.51. The molecule has 78 valence electrons. The van der Waals surface area contributed by atoms with Crippen LogP contribution in [0.25, 0.3) is 0 Å². The van der Waals surface area contributed by atoms with E-state index in [1.54, 1.807) is 0 Å². The summed E-state index contributed by atoms with van der Waals surface area (Å²) in [5, 5.41) is 9.10. The third-order valence-corrected chi connectivity index (χ3v) is 2.40. The van der Waals surface area contributed by atoms with E-state index < -0.39 is 5.09 Å². The highest BCUT2D eigenvalue weighted by atomic mass is 16.9. The molecule has 0 fully saturated rings. The van der Waals surface area contributed by atoms with Gasteiger partial charge < -0.3 is 4.84 Å². The smallest absolute Gasteiger partial charge is 0.294 e. The molecule has 0 saturated carbocycles. The van der Waals surface area contributed by atoms with Gasteiger partial charge in [0.2, 0.25) is 0 Å². The molecule has 0 aromatic rings. The van der Waals surface area contributed by atoms with E-state index >= 15 is 0 Å². The predicted octanol–water partition coefficient (Wildman–Crippen LogP) is 2.17. The van der Waals surface area contributed by atoms with Gasteiger partial charge in [0.25, 0.3) is 5.09 Å². The van der Waals surface area contributed by atoms with Gasteiger partial charge in [-0.1, -0.05) is 6.42 Å². The van der Waals surface area contributed by atoms with Crippen molar-refractivity contribution in [2.45, 2.75) is 38.5 Å². The zero-order chi connectivity index (χ0) is 10.2. The lowest BCUT2D eigenvalue weighted by Gasteiger charge is -2.14. The zero-order valence-electron chi connectivity index (χ0n) is 8.20. The summed E-state index contributed by atoms with van der Waals surface area (Å²) in [6, 6.07) is 0. The molecular formula is C10H15NO3. The zero-order valence-corrected chi connectivity index (χ0v) is 8.20. The van der Waals surface area contributed by atoms with Crippen LogP contribution in [-0.2, 0) is 4.84 Å². The van der Waals surface area contributed by atoms with Crippen molar-refractivity contribution in [3.05, 3.63) is 10.1 Å². The Labute approximate surface area is 83.7 Å². The molecule has 1 aliphatic carbocycles. The molecule has 0 aromatic heterocycles. The summed E-state index contributed by atoms with van der Waals surface area (Å²) < 4.78 is 0. The van der Waals surface area contributed by atoms with Crippen LogP contribution in [0.4, 0.5) is 0 Å². The molecule has 1 unspecified atom stereocenters. The highest BCUT2D eigenvalue weighted by Gasteiger charge is 2.08. The molecule has 0 radical (unpaired) electrons. The van der Waals surface area contributed by atoms with Crippen LogP contribution < -0.4 is 0 Å². The van der Waals surface area contributed by atoms with E-state index in [4.69, 9.17) is 0 Å². The van der Waals surface area contributed by atoms with Crippen LogP contribution >= 0.6 is 0 Å². The summed E-state index contributed by atoms with van der Waals surface area (Å²) in [4.78, 5) is 14.1. The Hall–Kier alpha value is -1.24. The van der Waals surface area contributed by atoms with Gasteiger partial charge in [0, 0.05) is 12.8 Å². The van der Waals surface area contributed by atoms with E-state index in [0.29, 0.717) is 5.92 Å². The molecule has 4 nitrogen and oxygen atoms in total. The fourth-order valence-corrected chi connectivity index (χ4v) is 1.60. The van der Waals surface area contributed by atoms with E-state index in [1.807, 2.05) is 0 Å². The molecule has 0 bridgehead atoms. The van der Waals surface area contributed by atoms with Gasteiger partial charge in [0.15, 0.2) is 0 Å². The monoisotopic (exact) mass is 197 g/mol. The number of nitrogens with zero attached hydrogens (tertiary/aromatic N) is 1. The van der Waals surface area contributed by atoms with E-state index in [0.717, 1.165) is 32.1 Å². The van der Waals surface area contributed by atoms with Crippen LogP contribution in [0.3, 0.4) is 0 Å².